The summed E-state index contributed by atoms with van der Waals surface area (Å²) < 4.78 is 1.83. The zero-order valence-electron chi connectivity index (χ0n) is 20.5. The Balaban J connectivity index is 1.66. The largest absolute Gasteiger partial charge is 0.381 e. The Morgan fingerprint density at radius 2 is 1.94 bits per heavy atom. The van der Waals surface area contributed by atoms with Crippen molar-refractivity contribution in [2.24, 2.45) is 5.18 Å². The van der Waals surface area contributed by atoms with Crippen molar-refractivity contribution in [2.45, 2.75) is 84.5 Å². The molecule has 1 saturated carbocycles. The topological polar surface area (TPSA) is 101 Å². The number of nitrogens with one attached hydrogen (secondary N) is 2. The molecule has 1 aliphatic carbocycles. The molecule has 1 aliphatic rings. The molecular weight excluding hydrogens is 428 g/mol. The third-order valence-corrected chi connectivity index (χ3v) is 7.14. The molecule has 0 radical (unpaired) electrons. The summed E-state index contributed by atoms with van der Waals surface area (Å²) in [5, 5.41) is 15.4. The second kappa shape index (κ2) is 10.3. The number of carbonyl (C=O) groups excluding carboxylic acids is 1. The van der Waals surface area contributed by atoms with Crippen LogP contribution in [0.3, 0.4) is 0 Å². The maximum atomic E-state index is 13.6. The number of aryl methyl sites for hydroxylation is 2. The maximum absolute atomic E-state index is 13.6. The van der Waals surface area contributed by atoms with Crippen LogP contribution in [0, 0.1) is 18.8 Å². The van der Waals surface area contributed by atoms with E-state index in [4.69, 9.17) is 0 Å². The Labute approximate surface area is 200 Å². The van der Waals surface area contributed by atoms with Crippen LogP contribution in [0.1, 0.15) is 79.0 Å². The highest BCUT2D eigenvalue weighted by atomic mass is 16.3. The minimum Gasteiger partial charge on any atom is -0.381 e. The molecule has 0 bridgehead atoms. The first-order chi connectivity index (χ1) is 16.5. The van der Waals surface area contributed by atoms with Gasteiger partial charge in [0.25, 0.3) is 5.91 Å². The van der Waals surface area contributed by atoms with Crippen LogP contribution in [0.5, 0.6) is 0 Å². The second-order valence-electron chi connectivity index (χ2n) is 9.22. The number of hydrogen-bond acceptors (Lipinski definition) is 6. The lowest BCUT2D eigenvalue weighted by Crippen LogP contribution is -2.32. The molecule has 0 spiro atoms. The highest BCUT2D eigenvalue weighted by Gasteiger charge is 2.26. The highest BCUT2D eigenvalue weighted by Crippen LogP contribution is 2.31. The summed E-state index contributed by atoms with van der Waals surface area (Å²) in [4.78, 5) is 29.1. The van der Waals surface area contributed by atoms with Gasteiger partial charge in [0.1, 0.15) is 0 Å². The predicted molar refractivity (Wildman–Crippen MR) is 135 cm³/mol. The Morgan fingerprint density at radius 3 is 2.62 bits per heavy atom. The molecule has 1 fully saturated rings. The van der Waals surface area contributed by atoms with Crippen molar-refractivity contribution in [3.63, 3.8) is 0 Å². The van der Waals surface area contributed by atoms with Gasteiger partial charge in [0.15, 0.2) is 5.65 Å². The van der Waals surface area contributed by atoms with Gasteiger partial charge in [0.05, 0.1) is 34.9 Å². The van der Waals surface area contributed by atoms with E-state index in [0.29, 0.717) is 12.1 Å². The van der Waals surface area contributed by atoms with Gasteiger partial charge in [-0.25, -0.2) is 9.67 Å². The third kappa shape index (κ3) is 4.67. The van der Waals surface area contributed by atoms with Gasteiger partial charge in [-0.15, -0.1) is 0 Å². The van der Waals surface area contributed by atoms with E-state index in [-0.39, 0.29) is 24.0 Å². The molecule has 3 aromatic rings. The van der Waals surface area contributed by atoms with Gasteiger partial charge < -0.3 is 10.6 Å². The van der Waals surface area contributed by atoms with E-state index in [1.165, 1.54) is 11.1 Å². The summed E-state index contributed by atoms with van der Waals surface area (Å²) >= 11 is 0. The van der Waals surface area contributed by atoms with Crippen LogP contribution in [-0.4, -0.2) is 32.8 Å². The van der Waals surface area contributed by atoms with E-state index < -0.39 is 0 Å². The number of anilines is 1. The third-order valence-electron chi connectivity index (χ3n) is 7.14. The lowest BCUT2D eigenvalue weighted by atomic mass is 9.91. The van der Waals surface area contributed by atoms with Gasteiger partial charge in [0.2, 0.25) is 0 Å². The number of pyridine rings is 1. The van der Waals surface area contributed by atoms with Gasteiger partial charge in [-0.3, -0.25) is 4.79 Å². The number of aromatic nitrogens is 3. The first-order valence-electron chi connectivity index (χ1n) is 12.3. The molecule has 34 heavy (non-hydrogen) atoms. The Morgan fingerprint density at radius 1 is 1.18 bits per heavy atom. The molecule has 2 heterocycles. The smallest absolute Gasteiger partial charge is 0.255 e. The fraction of sp³-hybridized carbons (Fsp3) is 0.500. The number of nitrogens with zero attached hydrogens (tertiary/aromatic N) is 4. The molecule has 1 amide bonds. The summed E-state index contributed by atoms with van der Waals surface area (Å²) in [6.45, 7) is 8.99. The van der Waals surface area contributed by atoms with E-state index >= 15 is 0 Å². The minimum absolute atomic E-state index is 0.0941. The average molecular weight is 463 g/mol. The van der Waals surface area contributed by atoms with E-state index in [9.17, 15) is 9.70 Å². The van der Waals surface area contributed by atoms with Gasteiger partial charge in [-0.05, 0) is 69.6 Å². The number of carbonyl (C=O) groups is 1. The number of rotatable bonds is 8. The average Bonchev–Trinajstić information content (AvgIpc) is 3.28. The van der Waals surface area contributed by atoms with E-state index in [0.717, 1.165) is 54.4 Å². The summed E-state index contributed by atoms with van der Waals surface area (Å²) in [5.41, 5.74) is 5.58. The van der Waals surface area contributed by atoms with Crippen LogP contribution < -0.4 is 10.6 Å². The van der Waals surface area contributed by atoms with Crippen molar-refractivity contribution >= 4 is 22.6 Å². The Bertz CT molecular complexity index is 1180. The summed E-state index contributed by atoms with van der Waals surface area (Å²) in [7, 11) is 0. The van der Waals surface area contributed by atoms with Gasteiger partial charge in [0, 0.05) is 18.8 Å². The molecule has 1 atom stereocenters. The summed E-state index contributed by atoms with van der Waals surface area (Å²) in [6.07, 6.45) is 7.41. The normalized spacial score (nSPS) is 19.1. The predicted octanol–water partition coefficient (Wildman–Crippen LogP) is 5.44. The summed E-state index contributed by atoms with van der Waals surface area (Å²) in [6, 6.07) is 6.18. The molecule has 2 N–H and O–H groups in total. The Hall–Kier alpha value is -3.29. The van der Waals surface area contributed by atoms with Crippen LogP contribution in [0.15, 0.2) is 35.8 Å². The highest BCUT2D eigenvalue weighted by molar-refractivity contribution is 6.06. The minimum atomic E-state index is -0.155. The quantitative estimate of drug-likeness (QED) is 0.434. The van der Waals surface area contributed by atoms with E-state index in [2.05, 4.69) is 58.8 Å². The molecule has 8 heteroatoms. The van der Waals surface area contributed by atoms with Crippen LogP contribution in [0.4, 0.5) is 5.69 Å². The first kappa shape index (κ1) is 23.9. The first-order valence-corrected chi connectivity index (χ1v) is 12.3. The fourth-order valence-corrected chi connectivity index (χ4v) is 4.90. The van der Waals surface area contributed by atoms with E-state index in [1.54, 1.807) is 12.4 Å². The van der Waals surface area contributed by atoms with Crippen molar-refractivity contribution < 1.29 is 4.79 Å². The maximum Gasteiger partial charge on any atom is 0.255 e. The van der Waals surface area contributed by atoms with Crippen molar-refractivity contribution in [1.82, 2.24) is 20.1 Å². The van der Waals surface area contributed by atoms with Crippen molar-refractivity contribution in [2.75, 3.05) is 5.32 Å². The number of benzene rings is 1. The molecule has 180 valence electrons. The number of amides is 1. The molecular formula is C26H34N6O2. The molecule has 8 nitrogen and oxygen atoms in total. The fourth-order valence-electron chi connectivity index (χ4n) is 4.90. The van der Waals surface area contributed by atoms with Gasteiger partial charge >= 0.3 is 0 Å². The molecule has 1 aromatic carbocycles. The van der Waals surface area contributed by atoms with Crippen LogP contribution in [0.2, 0.25) is 0 Å². The van der Waals surface area contributed by atoms with E-state index in [1.807, 2.05) is 17.7 Å². The number of nitroso groups, excluding NO2 is 1. The molecule has 1 unspecified atom stereocenters. The molecule has 0 aliphatic heterocycles. The van der Waals surface area contributed by atoms with Crippen molar-refractivity contribution in [3.05, 3.63) is 57.8 Å². The number of fused-ring (bicyclic) bond motifs is 1. The summed E-state index contributed by atoms with van der Waals surface area (Å²) in [5.74, 6) is -0.155. The second-order valence-corrected chi connectivity index (χ2v) is 9.22. The SMILES string of the molecule is CCC(NC(=O)c1cnc2c(cnn2CC)c1NC1CCC(N=O)CC1)c1cccc(C)c1C. The molecule has 2 aromatic heterocycles. The molecule has 0 saturated heterocycles. The zero-order valence-corrected chi connectivity index (χ0v) is 20.5. The standard InChI is InChI=1S/C26H34N6O2/c1-5-23(20-9-7-8-16(3)17(20)4)30-26(33)22-14-27-25-21(15-28-32(25)6-2)24(22)29-18-10-12-19(31-34)13-11-18/h7-9,14-15,18-19,23H,5-6,10-13H2,1-4H3,(H,27,29)(H,30,33). The monoisotopic (exact) mass is 462 g/mol. The number of hydrogen-bond donors (Lipinski definition) is 2. The lowest BCUT2D eigenvalue weighted by Gasteiger charge is -2.28. The van der Waals surface area contributed by atoms with Gasteiger partial charge in [-0.1, -0.05) is 30.3 Å². The Kier molecular flexibility index (Phi) is 7.24. The van der Waals surface area contributed by atoms with Crippen LogP contribution in [-0.2, 0) is 6.54 Å². The molecule has 4 rings (SSSR count). The van der Waals surface area contributed by atoms with Crippen molar-refractivity contribution in [1.29, 1.82) is 0 Å². The van der Waals surface area contributed by atoms with Crippen LogP contribution >= 0.6 is 0 Å². The lowest BCUT2D eigenvalue weighted by molar-refractivity contribution is 0.0936. The van der Waals surface area contributed by atoms with Crippen LogP contribution in [0.25, 0.3) is 11.0 Å². The van der Waals surface area contributed by atoms with Gasteiger partial charge in [-0.2, -0.15) is 10.0 Å². The van der Waals surface area contributed by atoms with Crippen molar-refractivity contribution in [3.8, 4) is 0 Å². The zero-order chi connectivity index (χ0) is 24.2.